The largest absolute Gasteiger partial charge is 0.465 e. The number of methoxy groups -OCH3 is 1. The summed E-state index contributed by atoms with van der Waals surface area (Å²) in [5.74, 6) is -1.01. The number of hydrogen-bond acceptors (Lipinski definition) is 2. The zero-order chi connectivity index (χ0) is 19.4. The van der Waals surface area contributed by atoms with Gasteiger partial charge in [0.1, 0.15) is 0 Å². The van der Waals surface area contributed by atoms with Gasteiger partial charge in [-0.1, -0.05) is 36.4 Å². The Bertz CT molecular complexity index is 886. The fourth-order valence-electron chi connectivity index (χ4n) is 2.70. The minimum absolute atomic E-state index is 0.480. The van der Waals surface area contributed by atoms with Crippen LogP contribution in [0.2, 0.25) is 0 Å². The van der Waals surface area contributed by atoms with Gasteiger partial charge in [-0.2, -0.15) is 13.2 Å². The molecule has 0 radical (unpaired) electrons. The summed E-state index contributed by atoms with van der Waals surface area (Å²) < 4.78 is 44.5. The molecule has 138 valence electrons. The van der Waals surface area contributed by atoms with Crippen molar-refractivity contribution in [3.05, 3.63) is 90.0 Å². The second kappa shape index (κ2) is 7.88. The lowest BCUT2D eigenvalue weighted by atomic mass is 10.1. The lowest BCUT2D eigenvalue weighted by molar-refractivity contribution is -0.138. The molecule has 0 bridgehead atoms. The second-order valence-corrected chi connectivity index (χ2v) is 7.66. The number of hydrogen-bond donors (Lipinski definition) is 0. The van der Waals surface area contributed by atoms with Crippen molar-refractivity contribution in [2.24, 2.45) is 0 Å². The van der Waals surface area contributed by atoms with Gasteiger partial charge in [-0.25, -0.2) is 4.79 Å². The highest BCUT2D eigenvalue weighted by molar-refractivity contribution is 7.97. The topological polar surface area (TPSA) is 26.3 Å². The lowest BCUT2D eigenvalue weighted by Gasteiger charge is -2.13. The van der Waals surface area contributed by atoms with Gasteiger partial charge in [0.25, 0.3) is 0 Å². The van der Waals surface area contributed by atoms with Crippen LogP contribution in [-0.4, -0.2) is 13.1 Å². The fourth-order valence-corrected chi connectivity index (χ4v) is 4.81. The van der Waals surface area contributed by atoms with E-state index in [-0.39, 0.29) is 0 Å². The van der Waals surface area contributed by atoms with Crippen LogP contribution in [0.25, 0.3) is 0 Å². The Morgan fingerprint density at radius 2 is 1.33 bits per heavy atom. The number of esters is 1. The Labute approximate surface area is 158 Å². The van der Waals surface area contributed by atoms with Crippen molar-refractivity contribution in [3.8, 4) is 0 Å². The maximum atomic E-state index is 13.3. The van der Waals surface area contributed by atoms with Gasteiger partial charge in [0.2, 0.25) is 0 Å². The molecular formula is C21H16F3O2S+. The Balaban J connectivity index is 2.20. The molecule has 0 amide bonds. The molecule has 0 saturated heterocycles. The molecule has 0 aliphatic heterocycles. The normalized spacial score (nSPS) is 11.4. The van der Waals surface area contributed by atoms with Crippen molar-refractivity contribution in [3.63, 3.8) is 0 Å². The first kappa shape index (κ1) is 19.0. The molecule has 0 saturated carbocycles. The standard InChI is InChI=1S/C21H16F3O2S/c1-26-20(25)18-14-17(12-13-19(18)21(22,23)24)27(15-8-4-2-5-9-15)16-10-6-3-7-11-16/h2-14H,1H3/q+1. The van der Waals surface area contributed by atoms with E-state index in [9.17, 15) is 18.0 Å². The molecule has 0 heterocycles. The van der Waals surface area contributed by atoms with Crippen LogP contribution in [-0.2, 0) is 21.8 Å². The number of carbonyl (C=O) groups is 1. The third-order valence-corrected chi connectivity index (χ3v) is 6.11. The van der Waals surface area contributed by atoms with E-state index in [0.717, 1.165) is 23.0 Å². The quantitative estimate of drug-likeness (QED) is 0.430. The van der Waals surface area contributed by atoms with Gasteiger partial charge in [0.15, 0.2) is 14.7 Å². The molecule has 0 fully saturated rings. The average Bonchev–Trinajstić information content (AvgIpc) is 2.68. The van der Waals surface area contributed by atoms with E-state index in [0.29, 0.717) is 4.90 Å². The predicted octanol–water partition coefficient (Wildman–Crippen LogP) is 5.59. The Morgan fingerprint density at radius 3 is 1.78 bits per heavy atom. The highest BCUT2D eigenvalue weighted by atomic mass is 32.2. The first-order valence-electron chi connectivity index (χ1n) is 8.06. The van der Waals surface area contributed by atoms with Gasteiger partial charge in [0.05, 0.1) is 29.1 Å². The van der Waals surface area contributed by atoms with E-state index in [1.807, 2.05) is 60.7 Å². The molecule has 0 atom stereocenters. The molecule has 27 heavy (non-hydrogen) atoms. The average molecular weight is 389 g/mol. The van der Waals surface area contributed by atoms with Crippen molar-refractivity contribution in [2.45, 2.75) is 20.9 Å². The number of ether oxygens (including phenoxy) is 1. The van der Waals surface area contributed by atoms with E-state index >= 15 is 0 Å². The molecule has 2 nitrogen and oxygen atoms in total. The van der Waals surface area contributed by atoms with Crippen LogP contribution in [0.5, 0.6) is 0 Å². The van der Waals surface area contributed by atoms with Gasteiger partial charge < -0.3 is 4.74 Å². The number of benzene rings is 3. The zero-order valence-corrected chi connectivity index (χ0v) is 15.2. The molecule has 0 N–H and O–H groups in total. The summed E-state index contributed by atoms with van der Waals surface area (Å²) in [5, 5.41) is 0. The third kappa shape index (κ3) is 4.17. The number of rotatable bonds is 4. The van der Waals surface area contributed by atoms with E-state index in [1.165, 1.54) is 12.1 Å². The zero-order valence-electron chi connectivity index (χ0n) is 14.4. The third-order valence-electron chi connectivity index (χ3n) is 3.90. The molecule has 0 spiro atoms. The van der Waals surface area contributed by atoms with Gasteiger partial charge >= 0.3 is 12.1 Å². The monoisotopic (exact) mass is 389 g/mol. The van der Waals surface area contributed by atoms with E-state index in [4.69, 9.17) is 0 Å². The summed E-state index contributed by atoms with van der Waals surface area (Å²) in [5.41, 5.74) is -1.48. The predicted molar refractivity (Wildman–Crippen MR) is 97.8 cm³/mol. The number of halogens is 3. The maximum Gasteiger partial charge on any atom is 0.417 e. The summed E-state index contributed by atoms with van der Waals surface area (Å²) in [4.78, 5) is 14.5. The number of alkyl halides is 3. The first-order chi connectivity index (χ1) is 12.9. The smallest absolute Gasteiger partial charge is 0.417 e. The van der Waals surface area contributed by atoms with Crippen molar-refractivity contribution in [1.82, 2.24) is 0 Å². The van der Waals surface area contributed by atoms with Crippen LogP contribution in [0.15, 0.2) is 93.5 Å². The molecule has 0 unspecified atom stereocenters. The van der Waals surface area contributed by atoms with Crippen molar-refractivity contribution in [2.75, 3.05) is 7.11 Å². The molecule has 6 heteroatoms. The minimum Gasteiger partial charge on any atom is -0.465 e. The molecule has 0 aromatic heterocycles. The van der Waals surface area contributed by atoms with Crippen LogP contribution >= 0.6 is 0 Å². The van der Waals surface area contributed by atoms with E-state index in [2.05, 4.69) is 4.74 Å². The molecule has 3 rings (SSSR count). The van der Waals surface area contributed by atoms with Gasteiger partial charge in [-0.3, -0.25) is 0 Å². The van der Waals surface area contributed by atoms with Gasteiger partial charge in [0, 0.05) is 6.07 Å². The molecular weight excluding hydrogens is 373 g/mol. The molecule has 3 aromatic rings. The van der Waals surface area contributed by atoms with Gasteiger partial charge in [-0.05, 0) is 36.4 Å². The van der Waals surface area contributed by atoms with Crippen molar-refractivity contribution in [1.29, 1.82) is 0 Å². The van der Waals surface area contributed by atoms with E-state index < -0.39 is 34.2 Å². The summed E-state index contributed by atoms with van der Waals surface area (Å²) in [6.45, 7) is 0. The Morgan fingerprint density at radius 1 is 0.815 bits per heavy atom. The lowest BCUT2D eigenvalue weighted by Crippen LogP contribution is -2.16. The summed E-state index contributed by atoms with van der Waals surface area (Å²) >= 11 is 0. The second-order valence-electron chi connectivity index (χ2n) is 5.63. The van der Waals surface area contributed by atoms with Crippen LogP contribution in [0.3, 0.4) is 0 Å². The first-order valence-corrected chi connectivity index (χ1v) is 9.28. The van der Waals surface area contributed by atoms with Crippen LogP contribution in [0.4, 0.5) is 13.2 Å². The van der Waals surface area contributed by atoms with E-state index in [1.54, 1.807) is 0 Å². The van der Waals surface area contributed by atoms with Gasteiger partial charge in [-0.15, -0.1) is 0 Å². The SMILES string of the molecule is COC(=O)c1cc([S+](c2ccccc2)c2ccccc2)ccc1C(F)(F)F. The summed E-state index contributed by atoms with van der Waals surface area (Å²) in [6.07, 6.45) is -4.64. The summed E-state index contributed by atoms with van der Waals surface area (Å²) in [6, 6.07) is 22.6. The highest BCUT2D eigenvalue weighted by Gasteiger charge is 2.38. The number of carbonyl (C=O) groups excluding carboxylic acids is 1. The maximum absolute atomic E-state index is 13.3. The molecule has 0 aliphatic rings. The fraction of sp³-hybridized carbons (Fsp3) is 0.0952. The molecule has 0 aliphatic carbocycles. The van der Waals surface area contributed by atoms with Crippen LogP contribution < -0.4 is 0 Å². The van der Waals surface area contributed by atoms with Crippen LogP contribution in [0.1, 0.15) is 15.9 Å². The summed E-state index contributed by atoms with van der Waals surface area (Å²) in [7, 11) is 0.419. The highest BCUT2D eigenvalue weighted by Crippen LogP contribution is 2.37. The Kier molecular flexibility index (Phi) is 5.56. The minimum atomic E-state index is -4.64. The van der Waals surface area contributed by atoms with Crippen LogP contribution in [0, 0.1) is 0 Å². The Hall–Kier alpha value is -2.73. The van der Waals surface area contributed by atoms with Crippen molar-refractivity contribution < 1.29 is 22.7 Å². The van der Waals surface area contributed by atoms with Crippen molar-refractivity contribution >= 4 is 16.9 Å². The molecule has 3 aromatic carbocycles.